The van der Waals surface area contributed by atoms with E-state index in [0.29, 0.717) is 0 Å². The maximum absolute atomic E-state index is 12.3. The lowest BCUT2D eigenvalue weighted by Gasteiger charge is -2.27. The Bertz CT molecular complexity index is 966. The van der Waals surface area contributed by atoms with E-state index in [-0.39, 0.29) is 6.03 Å². The van der Waals surface area contributed by atoms with E-state index in [9.17, 15) is 4.79 Å². The summed E-state index contributed by atoms with van der Waals surface area (Å²) in [7, 11) is 0. The fourth-order valence-electron chi connectivity index (χ4n) is 3.70. The number of ether oxygens (including phenoxy) is 1. The van der Waals surface area contributed by atoms with Gasteiger partial charge < -0.3 is 20.3 Å². The number of benzene rings is 3. The van der Waals surface area contributed by atoms with Crippen molar-refractivity contribution in [2.45, 2.75) is 19.3 Å². The van der Waals surface area contributed by atoms with E-state index in [4.69, 9.17) is 4.74 Å². The summed E-state index contributed by atoms with van der Waals surface area (Å²) >= 11 is 0. The number of anilines is 1. The zero-order valence-electron chi connectivity index (χ0n) is 17.3. The molecule has 3 aromatic rings. The van der Waals surface area contributed by atoms with Gasteiger partial charge in [0.2, 0.25) is 0 Å². The second kappa shape index (κ2) is 10.1. The Morgan fingerprint density at radius 3 is 2.50 bits per heavy atom. The maximum atomic E-state index is 12.3. The van der Waals surface area contributed by atoms with E-state index in [1.165, 1.54) is 16.3 Å². The van der Waals surface area contributed by atoms with Crippen molar-refractivity contribution in [2.75, 3.05) is 38.1 Å². The van der Waals surface area contributed by atoms with Crippen LogP contribution in [-0.4, -0.2) is 43.7 Å². The second-order valence-corrected chi connectivity index (χ2v) is 7.68. The molecule has 5 nitrogen and oxygen atoms in total. The van der Waals surface area contributed by atoms with Crippen molar-refractivity contribution >= 4 is 22.5 Å². The number of hydrogen-bond donors (Lipinski definition) is 2. The van der Waals surface area contributed by atoms with Crippen molar-refractivity contribution in [3.63, 3.8) is 0 Å². The molecule has 5 heteroatoms. The summed E-state index contributed by atoms with van der Waals surface area (Å²) in [6, 6.07) is 22.7. The Morgan fingerprint density at radius 1 is 0.933 bits per heavy atom. The monoisotopic (exact) mass is 403 g/mol. The van der Waals surface area contributed by atoms with Crippen molar-refractivity contribution in [1.29, 1.82) is 0 Å². The van der Waals surface area contributed by atoms with Crippen LogP contribution in [0, 0.1) is 0 Å². The highest BCUT2D eigenvalue weighted by Gasteiger charge is 2.15. The highest BCUT2D eigenvalue weighted by molar-refractivity contribution is 5.89. The highest BCUT2D eigenvalue weighted by atomic mass is 16.5. The van der Waals surface area contributed by atoms with Crippen molar-refractivity contribution in [3.05, 3.63) is 72.3 Å². The summed E-state index contributed by atoms with van der Waals surface area (Å²) < 4.78 is 5.92. The summed E-state index contributed by atoms with van der Waals surface area (Å²) in [5.74, 6) is 0.929. The molecular formula is C25H29N3O2. The largest absolute Gasteiger partial charge is 0.494 e. The van der Waals surface area contributed by atoms with E-state index in [1.807, 2.05) is 29.2 Å². The third kappa shape index (κ3) is 5.51. The van der Waals surface area contributed by atoms with Gasteiger partial charge in [0.05, 0.1) is 6.61 Å². The van der Waals surface area contributed by atoms with Gasteiger partial charge in [-0.05, 0) is 59.9 Å². The number of fused-ring (bicyclic) bond motifs is 1. The first kappa shape index (κ1) is 20.2. The van der Waals surface area contributed by atoms with E-state index in [2.05, 4.69) is 53.1 Å². The van der Waals surface area contributed by atoms with Crippen LogP contribution in [0.2, 0.25) is 0 Å². The number of hydrogen-bond acceptors (Lipinski definition) is 3. The number of nitrogens with one attached hydrogen (secondary N) is 2. The summed E-state index contributed by atoms with van der Waals surface area (Å²) in [6.07, 6.45) is 3.08. The number of piperazine rings is 1. The van der Waals surface area contributed by atoms with Gasteiger partial charge in [0.25, 0.3) is 0 Å². The molecule has 1 heterocycles. The minimum Gasteiger partial charge on any atom is -0.494 e. The number of rotatable bonds is 7. The molecule has 30 heavy (non-hydrogen) atoms. The topological polar surface area (TPSA) is 53.6 Å². The number of urea groups is 1. The van der Waals surface area contributed by atoms with Crippen LogP contribution in [0.25, 0.3) is 10.8 Å². The summed E-state index contributed by atoms with van der Waals surface area (Å²) in [6.45, 7) is 3.95. The van der Waals surface area contributed by atoms with Crippen LogP contribution in [0.5, 0.6) is 5.75 Å². The molecule has 3 aromatic carbocycles. The molecule has 1 fully saturated rings. The molecule has 1 saturated heterocycles. The van der Waals surface area contributed by atoms with Crippen LogP contribution < -0.4 is 15.4 Å². The number of unbranched alkanes of at least 4 members (excludes halogenated alkanes) is 1. The van der Waals surface area contributed by atoms with Gasteiger partial charge in [0, 0.05) is 31.9 Å². The van der Waals surface area contributed by atoms with Gasteiger partial charge in [-0.25, -0.2) is 4.79 Å². The van der Waals surface area contributed by atoms with Crippen LogP contribution in [0.1, 0.15) is 18.4 Å². The molecule has 1 aliphatic rings. The van der Waals surface area contributed by atoms with Gasteiger partial charge in [-0.3, -0.25) is 0 Å². The predicted molar refractivity (Wildman–Crippen MR) is 122 cm³/mol. The fraction of sp³-hybridized carbons (Fsp3) is 0.320. The highest BCUT2D eigenvalue weighted by Crippen LogP contribution is 2.21. The second-order valence-electron chi connectivity index (χ2n) is 7.68. The summed E-state index contributed by atoms with van der Waals surface area (Å²) in [5.41, 5.74) is 2.13. The molecule has 2 amide bonds. The first-order valence-electron chi connectivity index (χ1n) is 10.8. The van der Waals surface area contributed by atoms with E-state index >= 15 is 0 Å². The first-order valence-corrected chi connectivity index (χ1v) is 10.8. The Kier molecular flexibility index (Phi) is 6.83. The van der Waals surface area contributed by atoms with Gasteiger partial charge in [0.15, 0.2) is 0 Å². The average molecular weight is 404 g/mol. The quantitative estimate of drug-likeness (QED) is 0.563. The average Bonchev–Trinajstić information content (AvgIpc) is 2.80. The Morgan fingerprint density at radius 2 is 1.70 bits per heavy atom. The van der Waals surface area contributed by atoms with Gasteiger partial charge in [0.1, 0.15) is 5.75 Å². The summed E-state index contributed by atoms with van der Waals surface area (Å²) in [4.78, 5) is 14.1. The minimum atomic E-state index is -0.0184. The van der Waals surface area contributed by atoms with Crippen molar-refractivity contribution < 1.29 is 9.53 Å². The fourth-order valence-corrected chi connectivity index (χ4v) is 3.70. The van der Waals surface area contributed by atoms with Crippen LogP contribution in [-0.2, 0) is 6.42 Å². The molecule has 0 atom stereocenters. The molecule has 0 unspecified atom stereocenters. The lowest BCUT2D eigenvalue weighted by molar-refractivity contribution is 0.204. The van der Waals surface area contributed by atoms with Crippen molar-refractivity contribution in [3.8, 4) is 5.75 Å². The molecular weight excluding hydrogens is 374 g/mol. The molecule has 0 aliphatic carbocycles. The lowest BCUT2D eigenvalue weighted by atomic mass is 10.1. The van der Waals surface area contributed by atoms with Crippen LogP contribution in [0.15, 0.2) is 66.7 Å². The predicted octanol–water partition coefficient (Wildman–Crippen LogP) is 4.68. The molecule has 0 bridgehead atoms. The number of aryl methyl sites for hydroxylation is 1. The molecule has 0 spiro atoms. The van der Waals surface area contributed by atoms with Crippen LogP contribution in [0.4, 0.5) is 10.5 Å². The SMILES string of the molecule is O=C(Nc1ccc(CCCCOc2ccc3ccccc3c2)cc1)N1CCNCC1. The molecule has 1 aliphatic heterocycles. The molecule has 0 aromatic heterocycles. The Labute approximate surface area is 178 Å². The molecule has 4 rings (SSSR count). The van der Waals surface area contributed by atoms with Gasteiger partial charge in [-0.15, -0.1) is 0 Å². The van der Waals surface area contributed by atoms with Crippen LogP contribution in [0.3, 0.4) is 0 Å². The third-order valence-electron chi connectivity index (χ3n) is 5.46. The van der Waals surface area contributed by atoms with Crippen molar-refractivity contribution in [2.24, 2.45) is 0 Å². The Balaban J connectivity index is 1.17. The smallest absolute Gasteiger partial charge is 0.321 e. The zero-order chi connectivity index (χ0) is 20.6. The van der Waals surface area contributed by atoms with E-state index < -0.39 is 0 Å². The summed E-state index contributed by atoms with van der Waals surface area (Å²) in [5, 5.41) is 8.68. The Hall–Kier alpha value is -3.05. The van der Waals surface area contributed by atoms with Crippen LogP contribution >= 0.6 is 0 Å². The first-order chi connectivity index (χ1) is 14.8. The molecule has 2 N–H and O–H groups in total. The molecule has 0 radical (unpaired) electrons. The normalized spacial score (nSPS) is 13.9. The standard InChI is InChI=1S/C25H29N3O2/c29-25(28-16-14-26-15-17-28)27-23-11-8-20(9-12-23)5-3-4-18-30-24-13-10-21-6-1-2-7-22(21)19-24/h1-2,6-13,19,26H,3-5,14-18H2,(H,27,29). The van der Waals surface area contributed by atoms with E-state index in [1.54, 1.807) is 0 Å². The van der Waals surface area contributed by atoms with Gasteiger partial charge >= 0.3 is 6.03 Å². The van der Waals surface area contributed by atoms with E-state index in [0.717, 1.165) is 63.5 Å². The number of carbonyl (C=O) groups excluding carboxylic acids is 1. The lowest BCUT2D eigenvalue weighted by Crippen LogP contribution is -2.48. The minimum absolute atomic E-state index is 0.0184. The molecule has 156 valence electrons. The number of carbonyl (C=O) groups is 1. The molecule has 0 saturated carbocycles. The number of amides is 2. The van der Waals surface area contributed by atoms with Crippen molar-refractivity contribution in [1.82, 2.24) is 10.2 Å². The third-order valence-corrected chi connectivity index (χ3v) is 5.46. The zero-order valence-corrected chi connectivity index (χ0v) is 17.3. The van der Waals surface area contributed by atoms with Gasteiger partial charge in [-0.2, -0.15) is 0 Å². The number of nitrogens with zero attached hydrogens (tertiary/aromatic N) is 1. The van der Waals surface area contributed by atoms with Gasteiger partial charge in [-0.1, -0.05) is 42.5 Å². The maximum Gasteiger partial charge on any atom is 0.321 e.